The van der Waals surface area contributed by atoms with Crippen LogP contribution in [0.15, 0.2) is 0 Å². The van der Waals surface area contributed by atoms with Crippen LogP contribution < -0.4 is 5.32 Å². The molecule has 3 heteroatoms. The first-order valence-electron chi connectivity index (χ1n) is 8.34. The van der Waals surface area contributed by atoms with Crippen molar-refractivity contribution in [1.29, 1.82) is 0 Å². The smallest absolute Gasteiger partial charge is 0.0623 e. The molecule has 1 N–H and O–H groups in total. The Morgan fingerprint density at radius 3 is 1.85 bits per heavy atom. The number of ether oxygens (including phenoxy) is 1. The second-order valence-electron chi connectivity index (χ2n) is 6.33. The van der Waals surface area contributed by atoms with Crippen LogP contribution in [0.5, 0.6) is 0 Å². The number of hydrogen-bond donors (Lipinski definition) is 1. The third-order valence-corrected chi connectivity index (χ3v) is 5.20. The highest BCUT2D eigenvalue weighted by Gasteiger charge is 2.39. The van der Waals surface area contributed by atoms with Gasteiger partial charge in [-0.1, -0.05) is 27.7 Å². The number of likely N-dealkylation sites (N-methyl/N-ethyl adjacent to an activating group) is 2. The van der Waals surface area contributed by atoms with E-state index < -0.39 is 0 Å². The molecule has 0 aromatic carbocycles. The maximum absolute atomic E-state index is 5.58. The third-order valence-electron chi connectivity index (χ3n) is 5.20. The summed E-state index contributed by atoms with van der Waals surface area (Å²) < 4.78 is 5.58. The predicted molar refractivity (Wildman–Crippen MR) is 89.4 cm³/mol. The molecular weight excluding hydrogens is 248 g/mol. The highest BCUT2D eigenvalue weighted by atomic mass is 16.5. The van der Waals surface area contributed by atoms with Gasteiger partial charge in [-0.3, -0.25) is 4.90 Å². The van der Waals surface area contributed by atoms with E-state index in [1.165, 1.54) is 12.8 Å². The fourth-order valence-electron chi connectivity index (χ4n) is 3.54. The molecule has 0 rings (SSSR count). The topological polar surface area (TPSA) is 24.5 Å². The predicted octanol–water partition coefficient (Wildman–Crippen LogP) is 3.68. The molecule has 0 spiro atoms. The van der Waals surface area contributed by atoms with Crippen LogP contribution in [-0.2, 0) is 4.74 Å². The lowest BCUT2D eigenvalue weighted by atomic mass is 9.79. The molecule has 20 heavy (non-hydrogen) atoms. The van der Waals surface area contributed by atoms with Gasteiger partial charge >= 0.3 is 0 Å². The van der Waals surface area contributed by atoms with Crippen molar-refractivity contribution in [2.45, 2.75) is 84.4 Å². The fraction of sp³-hybridized carbons (Fsp3) is 1.00. The molecule has 1 unspecified atom stereocenters. The lowest BCUT2D eigenvalue weighted by Gasteiger charge is -2.48. The van der Waals surface area contributed by atoms with Crippen LogP contribution in [0.3, 0.4) is 0 Å². The van der Waals surface area contributed by atoms with E-state index in [9.17, 15) is 0 Å². The summed E-state index contributed by atoms with van der Waals surface area (Å²) in [5.41, 5.74) is 0.216. The highest BCUT2D eigenvalue weighted by molar-refractivity contribution is 4.98. The summed E-state index contributed by atoms with van der Waals surface area (Å²) >= 11 is 0. The Morgan fingerprint density at radius 2 is 1.55 bits per heavy atom. The number of methoxy groups -OCH3 is 1. The van der Waals surface area contributed by atoms with E-state index in [1.54, 1.807) is 0 Å². The van der Waals surface area contributed by atoms with Crippen LogP contribution in [0.4, 0.5) is 0 Å². The zero-order valence-electron chi connectivity index (χ0n) is 15.2. The lowest BCUT2D eigenvalue weighted by Crippen LogP contribution is -2.60. The molecule has 0 aliphatic carbocycles. The summed E-state index contributed by atoms with van der Waals surface area (Å²) in [4.78, 5) is 2.63. The van der Waals surface area contributed by atoms with Gasteiger partial charge in [0.2, 0.25) is 0 Å². The van der Waals surface area contributed by atoms with Crippen molar-refractivity contribution < 1.29 is 4.74 Å². The van der Waals surface area contributed by atoms with Gasteiger partial charge in [0, 0.05) is 18.7 Å². The van der Waals surface area contributed by atoms with Crippen molar-refractivity contribution in [3.05, 3.63) is 0 Å². The monoisotopic (exact) mass is 286 g/mol. The minimum Gasteiger partial charge on any atom is -0.379 e. The second-order valence-corrected chi connectivity index (χ2v) is 6.33. The Kier molecular flexibility index (Phi) is 8.96. The SMILES string of the molecule is CCN(CC)C(CC)(CC)C(CCC(C)(C)OC)NC. The maximum atomic E-state index is 5.58. The molecule has 0 fully saturated rings. The average molecular weight is 287 g/mol. The van der Waals surface area contributed by atoms with Crippen LogP contribution >= 0.6 is 0 Å². The second kappa shape index (κ2) is 9.01. The molecule has 0 radical (unpaired) electrons. The zero-order valence-corrected chi connectivity index (χ0v) is 15.2. The minimum absolute atomic E-state index is 0.0361. The van der Waals surface area contributed by atoms with E-state index >= 15 is 0 Å². The van der Waals surface area contributed by atoms with Gasteiger partial charge in [0.1, 0.15) is 0 Å². The summed E-state index contributed by atoms with van der Waals surface area (Å²) in [5, 5.41) is 3.59. The van der Waals surface area contributed by atoms with Crippen LogP contribution in [0.25, 0.3) is 0 Å². The van der Waals surface area contributed by atoms with Gasteiger partial charge in [0.15, 0.2) is 0 Å². The maximum Gasteiger partial charge on any atom is 0.0623 e. The van der Waals surface area contributed by atoms with Crippen molar-refractivity contribution >= 4 is 0 Å². The first-order valence-corrected chi connectivity index (χ1v) is 8.34. The van der Waals surface area contributed by atoms with Gasteiger partial charge in [-0.15, -0.1) is 0 Å². The Labute approximate surface area is 127 Å². The Hall–Kier alpha value is -0.120. The van der Waals surface area contributed by atoms with Crippen molar-refractivity contribution in [1.82, 2.24) is 10.2 Å². The molecule has 0 saturated carbocycles. The van der Waals surface area contributed by atoms with E-state index in [0.29, 0.717) is 6.04 Å². The summed E-state index contributed by atoms with van der Waals surface area (Å²) in [6, 6.07) is 0.506. The van der Waals surface area contributed by atoms with Gasteiger partial charge in [-0.2, -0.15) is 0 Å². The number of nitrogens with one attached hydrogen (secondary N) is 1. The molecule has 0 bridgehead atoms. The van der Waals surface area contributed by atoms with E-state index in [1.807, 2.05) is 7.11 Å². The molecule has 0 saturated heterocycles. The highest BCUT2D eigenvalue weighted by Crippen LogP contribution is 2.31. The molecule has 0 aliphatic heterocycles. The van der Waals surface area contributed by atoms with Gasteiger partial charge in [-0.25, -0.2) is 0 Å². The van der Waals surface area contributed by atoms with Gasteiger partial charge in [-0.05, 0) is 59.7 Å². The quantitative estimate of drug-likeness (QED) is 0.627. The average Bonchev–Trinajstić information content (AvgIpc) is 2.46. The number of rotatable bonds is 11. The normalized spacial score (nSPS) is 14.8. The minimum atomic E-state index is -0.0361. The molecule has 0 aliphatic rings. The molecular formula is C17H38N2O. The molecule has 0 amide bonds. The first-order chi connectivity index (χ1) is 9.37. The molecule has 1 atom stereocenters. The van der Waals surface area contributed by atoms with Crippen molar-refractivity contribution in [3.8, 4) is 0 Å². The van der Waals surface area contributed by atoms with E-state index in [-0.39, 0.29) is 11.1 Å². The van der Waals surface area contributed by atoms with Gasteiger partial charge < -0.3 is 10.1 Å². The fourth-order valence-corrected chi connectivity index (χ4v) is 3.54. The van der Waals surface area contributed by atoms with E-state index in [4.69, 9.17) is 4.74 Å². The van der Waals surface area contributed by atoms with Crippen molar-refractivity contribution in [3.63, 3.8) is 0 Å². The summed E-state index contributed by atoms with van der Waals surface area (Å²) in [6.07, 6.45) is 4.60. The zero-order chi connectivity index (χ0) is 15.8. The van der Waals surface area contributed by atoms with Crippen LogP contribution in [0, 0.1) is 0 Å². The standard InChI is InChI=1S/C17H38N2O/c1-9-17(10-2,19(11-3)12-4)15(18-7)13-14-16(5,6)20-8/h15,18H,9-14H2,1-8H3. The lowest BCUT2D eigenvalue weighted by molar-refractivity contribution is -0.00221. The van der Waals surface area contributed by atoms with Crippen LogP contribution in [0.1, 0.15) is 67.2 Å². The molecule has 0 aromatic rings. The molecule has 122 valence electrons. The van der Waals surface area contributed by atoms with Crippen LogP contribution in [-0.4, -0.2) is 49.3 Å². The number of hydrogen-bond acceptors (Lipinski definition) is 3. The molecule has 0 heterocycles. The Bertz CT molecular complexity index is 245. The first kappa shape index (κ1) is 19.9. The summed E-state index contributed by atoms with van der Waals surface area (Å²) in [5.74, 6) is 0. The van der Waals surface area contributed by atoms with Crippen LogP contribution in [0.2, 0.25) is 0 Å². The Balaban J connectivity index is 5.10. The summed E-state index contributed by atoms with van der Waals surface area (Å²) in [6.45, 7) is 15.8. The summed E-state index contributed by atoms with van der Waals surface area (Å²) in [7, 11) is 3.92. The van der Waals surface area contributed by atoms with E-state index in [0.717, 1.165) is 25.9 Å². The molecule has 0 aromatic heterocycles. The van der Waals surface area contributed by atoms with Crippen molar-refractivity contribution in [2.24, 2.45) is 0 Å². The van der Waals surface area contributed by atoms with Gasteiger partial charge in [0.05, 0.1) is 5.60 Å². The van der Waals surface area contributed by atoms with Crippen molar-refractivity contribution in [2.75, 3.05) is 27.2 Å². The van der Waals surface area contributed by atoms with Gasteiger partial charge in [0.25, 0.3) is 0 Å². The Morgan fingerprint density at radius 1 is 1.05 bits per heavy atom. The molecule has 3 nitrogen and oxygen atoms in total. The largest absolute Gasteiger partial charge is 0.379 e. The third kappa shape index (κ3) is 4.71. The number of nitrogens with zero attached hydrogens (tertiary/aromatic N) is 1. The van der Waals surface area contributed by atoms with E-state index in [2.05, 4.69) is 58.8 Å².